The summed E-state index contributed by atoms with van der Waals surface area (Å²) in [7, 11) is 0. The summed E-state index contributed by atoms with van der Waals surface area (Å²) >= 11 is 6.08. The third kappa shape index (κ3) is 2.64. The minimum Gasteiger partial charge on any atom is -0.512 e. The van der Waals surface area contributed by atoms with Crippen molar-refractivity contribution in [3.63, 3.8) is 0 Å². The van der Waals surface area contributed by atoms with E-state index in [4.69, 9.17) is 11.6 Å². The fraction of sp³-hybridized carbons (Fsp3) is 0.350. The van der Waals surface area contributed by atoms with Gasteiger partial charge in [-0.2, -0.15) is 10.5 Å². The number of aliphatic hydroxyl groups excluding tert-OH is 1. The molecule has 0 saturated carbocycles. The van der Waals surface area contributed by atoms with Crippen molar-refractivity contribution in [2.45, 2.75) is 32.6 Å². The molecule has 4 nitrogen and oxygen atoms in total. The molecule has 0 radical (unpaired) electrons. The summed E-state index contributed by atoms with van der Waals surface area (Å²) in [5.74, 6) is -0.879. The van der Waals surface area contributed by atoms with E-state index in [1.807, 2.05) is 13.8 Å². The maximum atomic E-state index is 12.6. The van der Waals surface area contributed by atoms with Gasteiger partial charge in [0.05, 0.1) is 17.7 Å². The van der Waals surface area contributed by atoms with Gasteiger partial charge in [-0.15, -0.1) is 0 Å². The lowest BCUT2D eigenvalue weighted by molar-refractivity contribution is -0.117. The number of nitrogens with zero attached hydrogens (tertiary/aromatic N) is 2. The van der Waals surface area contributed by atoms with E-state index in [0.29, 0.717) is 16.2 Å². The Morgan fingerprint density at radius 3 is 2.56 bits per heavy atom. The fourth-order valence-corrected chi connectivity index (χ4v) is 4.02. The number of carbonyl (C=O) groups excluding carboxylic acids is 1. The fourth-order valence-electron chi connectivity index (χ4n) is 3.82. The molecule has 5 heteroatoms. The zero-order chi connectivity index (χ0) is 18.4. The van der Waals surface area contributed by atoms with Gasteiger partial charge in [-0.1, -0.05) is 43.7 Å². The molecule has 0 aliphatic heterocycles. The third-order valence-electron chi connectivity index (χ3n) is 4.94. The van der Waals surface area contributed by atoms with Gasteiger partial charge in [0.1, 0.15) is 5.76 Å². The SMILES string of the molecule is CC1(C)C=C2C(=C(O)C[C@H](c3cccc(Cl)c3)C2(C#N)C#N)C(=O)C1. The highest BCUT2D eigenvalue weighted by Gasteiger charge is 2.53. The number of aliphatic hydroxyl groups is 1. The normalized spacial score (nSPS) is 24.0. The van der Waals surface area contributed by atoms with Crippen LogP contribution in [0.2, 0.25) is 5.02 Å². The van der Waals surface area contributed by atoms with Crippen molar-refractivity contribution in [1.82, 2.24) is 0 Å². The number of rotatable bonds is 1. The molecule has 1 N–H and O–H groups in total. The lowest BCUT2D eigenvalue weighted by Gasteiger charge is -2.41. The summed E-state index contributed by atoms with van der Waals surface area (Å²) in [5.41, 5.74) is -0.864. The number of Topliss-reactive ketones (excluding diaryl/α,β-unsaturated/α-hetero) is 1. The van der Waals surface area contributed by atoms with Gasteiger partial charge in [0.2, 0.25) is 0 Å². The molecule has 0 bridgehead atoms. The van der Waals surface area contributed by atoms with Crippen LogP contribution in [-0.2, 0) is 4.79 Å². The molecule has 0 unspecified atom stereocenters. The van der Waals surface area contributed by atoms with E-state index in [0.717, 1.165) is 0 Å². The van der Waals surface area contributed by atoms with E-state index in [1.54, 1.807) is 30.3 Å². The second-order valence-corrected chi connectivity index (χ2v) is 7.75. The van der Waals surface area contributed by atoms with Crippen molar-refractivity contribution >= 4 is 17.4 Å². The standard InChI is InChI=1S/C20H17ClN2O2/c1-19(2)8-15-18(17(25)9-19)16(24)7-14(20(15,10-22)11-23)12-4-3-5-13(21)6-12/h3-6,8,14,24H,7,9H2,1-2H3/t14-/m1/s1. The van der Waals surface area contributed by atoms with Gasteiger partial charge in [0.15, 0.2) is 11.2 Å². The maximum Gasteiger partial charge on any atom is 0.176 e. The number of carbonyl (C=O) groups is 1. The van der Waals surface area contributed by atoms with Crippen LogP contribution < -0.4 is 0 Å². The van der Waals surface area contributed by atoms with Crippen LogP contribution in [0.5, 0.6) is 0 Å². The number of halogens is 1. The molecule has 0 fully saturated rings. The maximum absolute atomic E-state index is 12.6. The Kier molecular flexibility index (Phi) is 3.98. The Balaban J connectivity index is 2.31. The van der Waals surface area contributed by atoms with E-state index in [9.17, 15) is 20.4 Å². The Bertz CT molecular complexity index is 898. The molecule has 1 aromatic carbocycles. The summed E-state index contributed by atoms with van der Waals surface area (Å²) in [4.78, 5) is 12.6. The molecular formula is C20H17ClN2O2. The van der Waals surface area contributed by atoms with Gasteiger partial charge in [-0.25, -0.2) is 0 Å². The molecule has 3 rings (SSSR count). The minimum atomic E-state index is -1.54. The van der Waals surface area contributed by atoms with E-state index in [1.165, 1.54) is 0 Å². The Hall–Kier alpha value is -2.56. The molecule has 0 spiro atoms. The highest BCUT2D eigenvalue weighted by Crippen LogP contribution is 2.55. The second-order valence-electron chi connectivity index (χ2n) is 7.31. The first-order chi connectivity index (χ1) is 11.7. The third-order valence-corrected chi connectivity index (χ3v) is 5.17. The predicted octanol–water partition coefficient (Wildman–Crippen LogP) is 4.60. The molecule has 126 valence electrons. The lowest BCUT2D eigenvalue weighted by atomic mass is 9.58. The number of benzene rings is 1. The van der Waals surface area contributed by atoms with Crippen molar-refractivity contribution in [2.24, 2.45) is 10.8 Å². The van der Waals surface area contributed by atoms with Crippen molar-refractivity contribution < 1.29 is 9.90 Å². The summed E-state index contributed by atoms with van der Waals surface area (Å²) in [6, 6.07) is 11.2. The number of hydrogen-bond acceptors (Lipinski definition) is 4. The topological polar surface area (TPSA) is 84.9 Å². The van der Waals surface area contributed by atoms with E-state index in [-0.39, 0.29) is 30.0 Å². The molecule has 1 atom stereocenters. The molecule has 0 aromatic heterocycles. The van der Waals surface area contributed by atoms with Crippen LogP contribution in [0, 0.1) is 33.5 Å². The first-order valence-corrected chi connectivity index (χ1v) is 8.39. The van der Waals surface area contributed by atoms with Crippen LogP contribution >= 0.6 is 11.6 Å². The Morgan fingerprint density at radius 1 is 1.28 bits per heavy atom. The van der Waals surface area contributed by atoms with Gasteiger partial charge in [0, 0.05) is 23.8 Å². The van der Waals surface area contributed by atoms with Crippen LogP contribution in [0.15, 0.2) is 47.2 Å². The largest absolute Gasteiger partial charge is 0.512 e. The summed E-state index contributed by atoms with van der Waals surface area (Å²) in [6.07, 6.45) is 2.09. The number of ketones is 1. The van der Waals surface area contributed by atoms with Crippen molar-refractivity contribution in [3.8, 4) is 12.1 Å². The van der Waals surface area contributed by atoms with Crippen LogP contribution in [0.4, 0.5) is 0 Å². The number of fused-ring (bicyclic) bond motifs is 1. The first-order valence-electron chi connectivity index (χ1n) is 8.01. The van der Waals surface area contributed by atoms with E-state index < -0.39 is 16.7 Å². The zero-order valence-corrected chi connectivity index (χ0v) is 14.8. The van der Waals surface area contributed by atoms with Crippen molar-refractivity contribution in [1.29, 1.82) is 10.5 Å². The molecule has 25 heavy (non-hydrogen) atoms. The minimum absolute atomic E-state index is 0.0559. The van der Waals surface area contributed by atoms with E-state index >= 15 is 0 Å². The van der Waals surface area contributed by atoms with Crippen molar-refractivity contribution in [3.05, 3.63) is 57.8 Å². The number of allylic oxidation sites excluding steroid dienone is 4. The van der Waals surface area contributed by atoms with Crippen LogP contribution in [0.25, 0.3) is 0 Å². The molecule has 0 saturated heterocycles. The molecule has 0 heterocycles. The molecule has 2 aliphatic carbocycles. The monoisotopic (exact) mass is 352 g/mol. The van der Waals surface area contributed by atoms with Gasteiger partial charge in [0.25, 0.3) is 0 Å². The average Bonchev–Trinajstić information content (AvgIpc) is 2.53. The summed E-state index contributed by atoms with van der Waals surface area (Å²) in [5, 5.41) is 31.0. The lowest BCUT2D eigenvalue weighted by Crippen LogP contribution is -2.39. The van der Waals surface area contributed by atoms with Gasteiger partial charge < -0.3 is 5.11 Å². The smallest absolute Gasteiger partial charge is 0.176 e. The van der Waals surface area contributed by atoms with Crippen molar-refractivity contribution in [2.75, 3.05) is 0 Å². The highest BCUT2D eigenvalue weighted by atomic mass is 35.5. The quantitative estimate of drug-likeness (QED) is 0.800. The number of nitriles is 2. The molecule has 1 aromatic rings. The van der Waals surface area contributed by atoms with E-state index in [2.05, 4.69) is 12.1 Å². The van der Waals surface area contributed by atoms with Crippen LogP contribution in [0.3, 0.4) is 0 Å². The average molecular weight is 353 g/mol. The summed E-state index contributed by atoms with van der Waals surface area (Å²) in [6.45, 7) is 3.77. The molecule has 0 amide bonds. The number of hydrogen-bond donors (Lipinski definition) is 1. The van der Waals surface area contributed by atoms with Gasteiger partial charge >= 0.3 is 0 Å². The molecule has 2 aliphatic rings. The predicted molar refractivity (Wildman–Crippen MR) is 93.6 cm³/mol. The first kappa shape index (κ1) is 17.3. The summed E-state index contributed by atoms with van der Waals surface area (Å²) < 4.78 is 0. The zero-order valence-electron chi connectivity index (χ0n) is 14.0. The van der Waals surface area contributed by atoms with Gasteiger partial charge in [-0.3, -0.25) is 4.79 Å². The van der Waals surface area contributed by atoms with Crippen LogP contribution in [-0.4, -0.2) is 10.9 Å². The molecular weight excluding hydrogens is 336 g/mol. The van der Waals surface area contributed by atoms with Crippen LogP contribution in [0.1, 0.15) is 38.2 Å². The highest BCUT2D eigenvalue weighted by molar-refractivity contribution is 6.30. The second kappa shape index (κ2) is 5.76. The Morgan fingerprint density at radius 2 is 1.96 bits per heavy atom. The Labute approximate surface area is 151 Å². The van der Waals surface area contributed by atoms with Gasteiger partial charge in [-0.05, 0) is 28.7 Å².